The fraction of sp³-hybridized carbons (Fsp3) is 0.188. The zero-order valence-electron chi connectivity index (χ0n) is 23.2. The average Bonchev–Trinajstić information content (AvgIpc) is 3.26. The molecule has 1 unspecified atom stereocenters. The Morgan fingerprint density at radius 2 is 1.74 bits per heavy atom. The van der Waals surface area contributed by atoms with Crippen molar-refractivity contribution in [2.75, 3.05) is 11.9 Å². The number of nitrogens with one attached hydrogen (secondary N) is 1. The Morgan fingerprint density at radius 1 is 1.05 bits per heavy atom. The van der Waals surface area contributed by atoms with Crippen molar-refractivity contribution in [1.82, 2.24) is 4.57 Å². The van der Waals surface area contributed by atoms with E-state index in [-0.39, 0.29) is 24.2 Å². The zero-order chi connectivity index (χ0) is 29.8. The van der Waals surface area contributed by atoms with Gasteiger partial charge in [-0.1, -0.05) is 65.4 Å². The van der Waals surface area contributed by atoms with Crippen LogP contribution < -0.4 is 24.9 Å². The molecule has 0 saturated heterocycles. The molecule has 0 radical (unpaired) electrons. The first kappa shape index (κ1) is 29.0. The molecule has 1 aromatic heterocycles. The van der Waals surface area contributed by atoms with Gasteiger partial charge >= 0.3 is 5.97 Å². The van der Waals surface area contributed by atoms with Crippen LogP contribution in [0.2, 0.25) is 5.02 Å². The number of fused-ring (bicyclic) bond motifs is 1. The number of amides is 1. The van der Waals surface area contributed by atoms with Gasteiger partial charge in [0, 0.05) is 10.7 Å². The molecule has 1 amide bonds. The van der Waals surface area contributed by atoms with E-state index in [0.29, 0.717) is 37.1 Å². The molecule has 1 atom stereocenters. The normalized spacial score (nSPS) is 14.8. The number of carbonyl (C=O) groups is 2. The molecule has 2 heterocycles. The lowest BCUT2D eigenvalue weighted by Gasteiger charge is -2.25. The number of esters is 1. The Kier molecular flexibility index (Phi) is 8.70. The molecule has 8 nitrogen and oxygen atoms in total. The van der Waals surface area contributed by atoms with E-state index in [1.807, 2.05) is 18.2 Å². The Morgan fingerprint density at radius 3 is 2.40 bits per heavy atom. The molecule has 42 heavy (non-hydrogen) atoms. The summed E-state index contributed by atoms with van der Waals surface area (Å²) < 4.78 is 13.1. The monoisotopic (exact) mass is 601 g/mol. The minimum Gasteiger partial charge on any atom is -0.484 e. The number of aromatic nitrogens is 1. The molecule has 0 saturated carbocycles. The molecule has 1 aliphatic rings. The topological polar surface area (TPSA) is 99.0 Å². The van der Waals surface area contributed by atoms with Crippen LogP contribution in [0.5, 0.6) is 5.75 Å². The Hall–Kier alpha value is -4.47. The maximum absolute atomic E-state index is 13.8. The summed E-state index contributed by atoms with van der Waals surface area (Å²) in [6, 6.07) is 22.5. The highest BCUT2D eigenvalue weighted by Crippen LogP contribution is 2.31. The third-order valence-electron chi connectivity index (χ3n) is 6.38. The van der Waals surface area contributed by atoms with E-state index < -0.39 is 12.0 Å². The number of thiazole rings is 1. The summed E-state index contributed by atoms with van der Waals surface area (Å²) in [5.74, 6) is -0.273. The van der Waals surface area contributed by atoms with Crippen molar-refractivity contribution < 1.29 is 19.1 Å². The predicted octanol–water partition coefficient (Wildman–Crippen LogP) is 4.86. The SMILES string of the molecule is CC1=C(C(=O)OC(C)C)C(c2ccc(Cl)cc2)n2c(sc(=Cc3ccc(OCC(=O)Nc4ccccc4)cc3)c2=O)=N1. The van der Waals surface area contributed by atoms with Crippen molar-refractivity contribution in [2.45, 2.75) is 32.9 Å². The molecular formula is C32H28ClN3O5S. The number of rotatable bonds is 8. The second-order valence-electron chi connectivity index (χ2n) is 9.86. The van der Waals surface area contributed by atoms with E-state index in [2.05, 4.69) is 10.3 Å². The molecule has 3 aromatic carbocycles. The van der Waals surface area contributed by atoms with Crippen molar-refractivity contribution in [1.29, 1.82) is 0 Å². The minimum atomic E-state index is -0.718. The van der Waals surface area contributed by atoms with Gasteiger partial charge in [0.15, 0.2) is 11.4 Å². The highest BCUT2D eigenvalue weighted by molar-refractivity contribution is 7.07. The molecule has 0 aliphatic carbocycles. The standard InChI is InChI=1S/C32H28ClN3O5S/c1-19(2)41-31(39)28-20(3)34-32-36(29(28)22-11-13-23(33)14-12-22)30(38)26(42-32)17-21-9-15-25(16-10-21)40-18-27(37)35-24-7-5-4-6-8-24/h4-17,19,29H,18H2,1-3H3,(H,35,37). The maximum atomic E-state index is 13.8. The summed E-state index contributed by atoms with van der Waals surface area (Å²) in [5.41, 5.74) is 2.70. The van der Waals surface area contributed by atoms with Gasteiger partial charge in [-0.25, -0.2) is 9.79 Å². The summed E-state index contributed by atoms with van der Waals surface area (Å²) in [6.45, 7) is 5.15. The Labute approximate surface area is 251 Å². The van der Waals surface area contributed by atoms with Gasteiger partial charge in [0.25, 0.3) is 11.5 Å². The van der Waals surface area contributed by atoms with Gasteiger partial charge in [-0.15, -0.1) is 0 Å². The van der Waals surface area contributed by atoms with E-state index in [1.165, 1.54) is 15.9 Å². The van der Waals surface area contributed by atoms with Crippen molar-refractivity contribution in [3.8, 4) is 5.75 Å². The summed E-state index contributed by atoms with van der Waals surface area (Å²) in [6.07, 6.45) is 1.43. The lowest BCUT2D eigenvalue weighted by Crippen LogP contribution is -2.40. The molecule has 0 fully saturated rings. The van der Waals surface area contributed by atoms with Crippen LogP contribution in [0.25, 0.3) is 6.08 Å². The maximum Gasteiger partial charge on any atom is 0.338 e. The largest absolute Gasteiger partial charge is 0.484 e. The first-order valence-corrected chi connectivity index (χ1v) is 14.5. The smallest absolute Gasteiger partial charge is 0.338 e. The molecule has 1 N–H and O–H groups in total. The molecule has 10 heteroatoms. The van der Waals surface area contributed by atoms with Gasteiger partial charge in [-0.05, 0) is 74.4 Å². The zero-order valence-corrected chi connectivity index (χ0v) is 24.7. The number of nitrogens with zero attached hydrogens (tertiary/aromatic N) is 2. The molecule has 5 rings (SSSR count). The number of para-hydroxylation sites is 1. The van der Waals surface area contributed by atoms with Crippen LogP contribution in [-0.4, -0.2) is 29.2 Å². The minimum absolute atomic E-state index is 0.140. The predicted molar refractivity (Wildman–Crippen MR) is 163 cm³/mol. The highest BCUT2D eigenvalue weighted by Gasteiger charge is 2.33. The van der Waals surface area contributed by atoms with Crippen molar-refractivity contribution in [2.24, 2.45) is 4.99 Å². The first-order chi connectivity index (χ1) is 20.2. The van der Waals surface area contributed by atoms with Crippen molar-refractivity contribution >= 4 is 46.6 Å². The lowest BCUT2D eigenvalue weighted by atomic mass is 9.96. The van der Waals surface area contributed by atoms with Gasteiger partial charge in [0.05, 0.1) is 27.9 Å². The van der Waals surface area contributed by atoms with Crippen LogP contribution >= 0.6 is 22.9 Å². The number of benzene rings is 3. The second-order valence-corrected chi connectivity index (χ2v) is 11.3. The summed E-state index contributed by atoms with van der Waals surface area (Å²) >= 11 is 7.37. The van der Waals surface area contributed by atoms with Crippen LogP contribution in [0, 0.1) is 0 Å². The van der Waals surface area contributed by atoms with Crippen molar-refractivity contribution in [3.05, 3.63) is 126 Å². The van der Waals surface area contributed by atoms with E-state index >= 15 is 0 Å². The summed E-state index contributed by atoms with van der Waals surface area (Å²) in [4.78, 5) is 44.2. The third kappa shape index (κ3) is 6.53. The van der Waals surface area contributed by atoms with Crippen LogP contribution in [0.3, 0.4) is 0 Å². The van der Waals surface area contributed by atoms with E-state index in [9.17, 15) is 14.4 Å². The first-order valence-electron chi connectivity index (χ1n) is 13.3. The van der Waals surface area contributed by atoms with Crippen LogP contribution in [-0.2, 0) is 14.3 Å². The third-order valence-corrected chi connectivity index (χ3v) is 7.61. The molecule has 0 bridgehead atoms. The van der Waals surface area contributed by atoms with Crippen LogP contribution in [0.4, 0.5) is 5.69 Å². The molecule has 4 aromatic rings. The Balaban J connectivity index is 1.42. The quantitative estimate of drug-likeness (QED) is 0.291. The number of hydrogen-bond acceptors (Lipinski definition) is 7. The lowest BCUT2D eigenvalue weighted by molar-refractivity contribution is -0.143. The summed E-state index contributed by atoms with van der Waals surface area (Å²) in [7, 11) is 0. The number of anilines is 1. The number of halogens is 1. The second kappa shape index (κ2) is 12.6. The Bertz CT molecular complexity index is 1830. The van der Waals surface area contributed by atoms with E-state index in [0.717, 1.165) is 11.1 Å². The fourth-order valence-electron chi connectivity index (χ4n) is 4.50. The van der Waals surface area contributed by atoms with Crippen LogP contribution in [0.1, 0.15) is 37.9 Å². The van der Waals surface area contributed by atoms with Crippen molar-refractivity contribution in [3.63, 3.8) is 0 Å². The van der Waals surface area contributed by atoms with Gasteiger partial charge in [-0.3, -0.25) is 14.2 Å². The fourth-order valence-corrected chi connectivity index (χ4v) is 5.67. The highest BCUT2D eigenvalue weighted by atomic mass is 35.5. The molecule has 214 valence electrons. The van der Waals surface area contributed by atoms with Gasteiger partial charge in [0.2, 0.25) is 0 Å². The average molecular weight is 602 g/mol. The molecule has 1 aliphatic heterocycles. The van der Waals surface area contributed by atoms with Crippen LogP contribution in [0.15, 0.2) is 99.9 Å². The summed E-state index contributed by atoms with van der Waals surface area (Å²) in [5, 5.41) is 3.32. The van der Waals surface area contributed by atoms with Gasteiger partial charge in [0.1, 0.15) is 5.75 Å². The number of ether oxygens (including phenoxy) is 2. The van der Waals surface area contributed by atoms with Gasteiger partial charge < -0.3 is 14.8 Å². The molecule has 0 spiro atoms. The van der Waals surface area contributed by atoms with E-state index in [1.54, 1.807) is 87.5 Å². The molecular weight excluding hydrogens is 574 g/mol. The van der Waals surface area contributed by atoms with Gasteiger partial charge in [-0.2, -0.15) is 0 Å². The van der Waals surface area contributed by atoms with E-state index in [4.69, 9.17) is 21.1 Å². The number of carbonyl (C=O) groups excluding carboxylic acids is 2. The number of allylic oxidation sites excluding steroid dienone is 1. The number of hydrogen-bond donors (Lipinski definition) is 1.